The van der Waals surface area contributed by atoms with Gasteiger partial charge in [-0.1, -0.05) is 36.4 Å². The summed E-state index contributed by atoms with van der Waals surface area (Å²) in [7, 11) is 0. The summed E-state index contributed by atoms with van der Waals surface area (Å²) in [6.07, 6.45) is 0.714. The van der Waals surface area contributed by atoms with Gasteiger partial charge in [0.15, 0.2) is 5.82 Å². The SMILES string of the molecule is NCCNc1nc(-c2cccc(O)c2)nc(N2Cc3ccccc3C[C@@H]2CO)n1. The highest BCUT2D eigenvalue weighted by Crippen LogP contribution is 2.29. The van der Waals surface area contributed by atoms with Crippen LogP contribution < -0.4 is 16.0 Å². The van der Waals surface area contributed by atoms with E-state index < -0.39 is 0 Å². The van der Waals surface area contributed by atoms with Crippen molar-refractivity contribution in [3.8, 4) is 17.1 Å². The van der Waals surface area contributed by atoms with Gasteiger partial charge in [-0.05, 0) is 29.7 Å². The zero-order valence-electron chi connectivity index (χ0n) is 16.0. The van der Waals surface area contributed by atoms with Gasteiger partial charge < -0.3 is 26.2 Å². The van der Waals surface area contributed by atoms with Gasteiger partial charge in [0, 0.05) is 25.2 Å². The Hall–Kier alpha value is -3.23. The van der Waals surface area contributed by atoms with Crippen molar-refractivity contribution in [3.63, 3.8) is 0 Å². The number of phenolic OH excluding ortho intramolecular Hbond substituents is 1. The maximum Gasteiger partial charge on any atom is 0.231 e. The second-order valence-electron chi connectivity index (χ2n) is 6.99. The van der Waals surface area contributed by atoms with Crippen LogP contribution in [0, 0.1) is 0 Å². The fraction of sp³-hybridized carbons (Fsp3) is 0.286. The zero-order chi connectivity index (χ0) is 20.2. The molecule has 0 aliphatic carbocycles. The van der Waals surface area contributed by atoms with E-state index in [9.17, 15) is 10.2 Å². The maximum absolute atomic E-state index is 10.0. The van der Waals surface area contributed by atoms with Crippen molar-refractivity contribution in [1.29, 1.82) is 0 Å². The number of aliphatic hydroxyl groups excluding tert-OH is 1. The molecule has 0 saturated heterocycles. The van der Waals surface area contributed by atoms with E-state index in [1.165, 1.54) is 11.1 Å². The first-order valence-electron chi connectivity index (χ1n) is 9.61. The van der Waals surface area contributed by atoms with Gasteiger partial charge in [0.25, 0.3) is 0 Å². The maximum atomic E-state index is 10.0. The number of hydrogen-bond donors (Lipinski definition) is 4. The van der Waals surface area contributed by atoms with Gasteiger partial charge in [0.05, 0.1) is 12.6 Å². The second kappa shape index (κ2) is 8.42. The molecule has 5 N–H and O–H groups in total. The molecule has 0 fully saturated rings. The molecule has 0 unspecified atom stereocenters. The highest BCUT2D eigenvalue weighted by Gasteiger charge is 2.28. The summed E-state index contributed by atoms with van der Waals surface area (Å²) in [4.78, 5) is 15.7. The van der Waals surface area contributed by atoms with E-state index in [0.717, 1.165) is 0 Å². The molecule has 8 nitrogen and oxygen atoms in total. The number of anilines is 2. The minimum Gasteiger partial charge on any atom is -0.508 e. The molecular formula is C21H24N6O2. The third-order valence-corrected chi connectivity index (χ3v) is 4.98. The van der Waals surface area contributed by atoms with Crippen molar-refractivity contribution in [2.45, 2.75) is 19.0 Å². The molecule has 0 radical (unpaired) electrons. The minimum atomic E-state index is -0.133. The van der Waals surface area contributed by atoms with Gasteiger partial charge in [0.2, 0.25) is 11.9 Å². The quantitative estimate of drug-likeness (QED) is 0.499. The Labute approximate surface area is 169 Å². The van der Waals surface area contributed by atoms with E-state index in [2.05, 4.69) is 32.4 Å². The molecule has 1 aliphatic heterocycles. The number of nitrogens with two attached hydrogens (primary N) is 1. The monoisotopic (exact) mass is 392 g/mol. The molecular weight excluding hydrogens is 368 g/mol. The first-order chi connectivity index (χ1) is 14.2. The van der Waals surface area contributed by atoms with Gasteiger partial charge >= 0.3 is 0 Å². The molecule has 8 heteroatoms. The van der Waals surface area contributed by atoms with E-state index in [1.807, 2.05) is 23.1 Å². The first-order valence-corrected chi connectivity index (χ1v) is 9.61. The lowest BCUT2D eigenvalue weighted by atomic mass is 9.94. The normalized spacial score (nSPS) is 15.8. The van der Waals surface area contributed by atoms with Crippen LogP contribution in [0.25, 0.3) is 11.4 Å². The third kappa shape index (κ3) is 4.13. The predicted octanol–water partition coefficient (Wildman–Crippen LogP) is 1.54. The molecule has 29 heavy (non-hydrogen) atoms. The van der Waals surface area contributed by atoms with Crippen LogP contribution in [0.1, 0.15) is 11.1 Å². The summed E-state index contributed by atoms with van der Waals surface area (Å²) in [5, 5.41) is 23.0. The fourth-order valence-electron chi connectivity index (χ4n) is 3.51. The number of benzene rings is 2. The van der Waals surface area contributed by atoms with Crippen molar-refractivity contribution in [1.82, 2.24) is 15.0 Å². The van der Waals surface area contributed by atoms with Crippen molar-refractivity contribution in [3.05, 3.63) is 59.7 Å². The Morgan fingerprint density at radius 1 is 1.07 bits per heavy atom. The van der Waals surface area contributed by atoms with Crippen LogP contribution in [0.2, 0.25) is 0 Å². The van der Waals surface area contributed by atoms with E-state index in [0.29, 0.717) is 49.3 Å². The lowest BCUT2D eigenvalue weighted by Gasteiger charge is -2.36. The number of phenols is 1. The summed E-state index contributed by atoms with van der Waals surface area (Å²) in [6.45, 7) is 1.56. The molecule has 3 aromatic rings. The molecule has 4 rings (SSSR count). The smallest absolute Gasteiger partial charge is 0.231 e. The Bertz CT molecular complexity index is 996. The second-order valence-corrected chi connectivity index (χ2v) is 6.99. The molecule has 0 spiro atoms. The first kappa shape index (κ1) is 19.1. The van der Waals surface area contributed by atoms with E-state index in [1.54, 1.807) is 18.2 Å². The van der Waals surface area contributed by atoms with Gasteiger partial charge in [-0.25, -0.2) is 0 Å². The number of aromatic hydroxyl groups is 1. The Morgan fingerprint density at radius 3 is 2.66 bits per heavy atom. The molecule has 0 saturated carbocycles. The van der Waals surface area contributed by atoms with Crippen LogP contribution in [0.4, 0.5) is 11.9 Å². The Kier molecular flexibility index (Phi) is 5.55. The lowest BCUT2D eigenvalue weighted by Crippen LogP contribution is -2.44. The largest absolute Gasteiger partial charge is 0.508 e. The van der Waals surface area contributed by atoms with Crippen LogP contribution in [-0.4, -0.2) is 50.9 Å². The van der Waals surface area contributed by atoms with Crippen LogP contribution in [-0.2, 0) is 13.0 Å². The minimum absolute atomic E-state index is 0.00691. The summed E-state index contributed by atoms with van der Waals surface area (Å²) >= 11 is 0. The lowest BCUT2D eigenvalue weighted by molar-refractivity contribution is 0.252. The van der Waals surface area contributed by atoms with Crippen molar-refractivity contribution in [2.75, 3.05) is 29.9 Å². The standard InChI is InChI=1S/C21H24N6O2/c22-8-9-23-20-24-19(15-6-3-7-18(29)11-15)25-21(26-20)27-12-16-5-2-1-4-14(16)10-17(27)13-28/h1-7,11,17,28-29H,8-10,12-13,22H2,(H,23,24,25,26)/t17-/m1/s1. The van der Waals surface area contributed by atoms with E-state index >= 15 is 0 Å². The molecule has 0 amide bonds. The average Bonchev–Trinajstić information content (AvgIpc) is 2.76. The number of fused-ring (bicyclic) bond motifs is 1. The van der Waals surface area contributed by atoms with Crippen molar-refractivity contribution < 1.29 is 10.2 Å². The van der Waals surface area contributed by atoms with Crippen LogP contribution in [0.5, 0.6) is 5.75 Å². The molecule has 150 valence electrons. The summed E-state index contributed by atoms with van der Waals surface area (Å²) in [5.41, 5.74) is 8.71. The van der Waals surface area contributed by atoms with Crippen LogP contribution in [0.3, 0.4) is 0 Å². The number of nitrogens with one attached hydrogen (secondary N) is 1. The van der Waals surface area contributed by atoms with Gasteiger partial charge in [-0.2, -0.15) is 15.0 Å². The number of aromatic nitrogens is 3. The van der Waals surface area contributed by atoms with Crippen LogP contribution in [0.15, 0.2) is 48.5 Å². The van der Waals surface area contributed by atoms with Crippen molar-refractivity contribution in [2.24, 2.45) is 5.73 Å². The molecule has 1 aliphatic rings. The molecule has 1 aromatic heterocycles. The van der Waals surface area contributed by atoms with Gasteiger partial charge in [-0.3, -0.25) is 0 Å². The summed E-state index contributed by atoms with van der Waals surface area (Å²) in [5.74, 6) is 1.47. The van der Waals surface area contributed by atoms with Crippen molar-refractivity contribution >= 4 is 11.9 Å². The summed E-state index contributed by atoms with van der Waals surface area (Å²) in [6, 6.07) is 14.9. The number of aliphatic hydroxyl groups is 1. The van der Waals surface area contributed by atoms with Gasteiger partial charge in [-0.15, -0.1) is 0 Å². The predicted molar refractivity (Wildman–Crippen MR) is 112 cm³/mol. The zero-order valence-corrected chi connectivity index (χ0v) is 16.0. The van der Waals surface area contributed by atoms with E-state index in [-0.39, 0.29) is 18.4 Å². The highest BCUT2D eigenvalue weighted by atomic mass is 16.3. The highest BCUT2D eigenvalue weighted by molar-refractivity contribution is 5.60. The summed E-state index contributed by atoms with van der Waals surface area (Å²) < 4.78 is 0. The Morgan fingerprint density at radius 2 is 1.90 bits per heavy atom. The fourth-order valence-corrected chi connectivity index (χ4v) is 3.51. The molecule has 1 atom stereocenters. The third-order valence-electron chi connectivity index (χ3n) is 4.98. The molecule has 2 aromatic carbocycles. The number of hydrogen-bond acceptors (Lipinski definition) is 8. The van der Waals surface area contributed by atoms with Crippen LogP contribution >= 0.6 is 0 Å². The number of nitrogens with zero attached hydrogens (tertiary/aromatic N) is 4. The topological polar surface area (TPSA) is 120 Å². The number of rotatable bonds is 6. The van der Waals surface area contributed by atoms with E-state index in [4.69, 9.17) is 5.73 Å². The molecule has 0 bridgehead atoms. The molecule has 2 heterocycles. The Balaban J connectivity index is 1.76. The average molecular weight is 392 g/mol. The van der Waals surface area contributed by atoms with Gasteiger partial charge in [0.1, 0.15) is 5.75 Å².